The fourth-order valence-electron chi connectivity index (χ4n) is 2.99. The molecule has 1 aromatic carbocycles. The van der Waals surface area contributed by atoms with Gasteiger partial charge < -0.3 is 4.42 Å². The minimum absolute atomic E-state index is 0.494. The Labute approximate surface area is 122 Å². The lowest BCUT2D eigenvalue weighted by atomic mass is 9.81. The van der Waals surface area contributed by atoms with Crippen LogP contribution in [0.5, 0.6) is 0 Å². The van der Waals surface area contributed by atoms with Gasteiger partial charge in [-0.05, 0) is 36.8 Å². The lowest BCUT2D eigenvalue weighted by Crippen LogP contribution is -2.22. The molecular weight excluding hydrogens is 302 g/mol. The summed E-state index contributed by atoms with van der Waals surface area (Å²) in [5.74, 6) is 2.54. The number of hydrogen-bond acceptors (Lipinski definition) is 2. The van der Waals surface area contributed by atoms with Gasteiger partial charge >= 0.3 is 0 Å². The topological polar surface area (TPSA) is 26.0 Å². The van der Waals surface area contributed by atoms with Gasteiger partial charge in [0.2, 0.25) is 0 Å². The molecule has 1 aromatic heterocycles. The molecule has 0 N–H and O–H groups in total. The first-order valence-electron chi connectivity index (χ1n) is 7.21. The fraction of sp³-hybridized carbons (Fsp3) is 0.562. The lowest BCUT2D eigenvalue weighted by molar-refractivity contribution is 0.281. The van der Waals surface area contributed by atoms with Crippen molar-refractivity contribution < 1.29 is 4.42 Å². The molecule has 1 aliphatic rings. The largest absolute Gasteiger partial charge is 0.441 e. The number of rotatable bonds is 3. The lowest BCUT2D eigenvalue weighted by Gasteiger charge is -2.29. The Morgan fingerprint density at radius 2 is 2.00 bits per heavy atom. The number of benzene rings is 1. The molecule has 1 saturated carbocycles. The summed E-state index contributed by atoms with van der Waals surface area (Å²) in [5.41, 5.74) is 1.86. The average Bonchev–Trinajstić information content (AvgIpc) is 2.81. The molecule has 19 heavy (non-hydrogen) atoms. The minimum Gasteiger partial charge on any atom is -0.441 e. The molecule has 2 aromatic rings. The van der Waals surface area contributed by atoms with E-state index in [0.717, 1.165) is 35.2 Å². The Bertz CT molecular complexity index is 509. The predicted octanol–water partition coefficient (Wildman–Crippen LogP) is 4.96. The van der Waals surface area contributed by atoms with Crippen molar-refractivity contribution in [2.75, 3.05) is 0 Å². The first-order chi connectivity index (χ1) is 9.22. The van der Waals surface area contributed by atoms with Gasteiger partial charge in [0.1, 0.15) is 5.52 Å². The third-order valence-electron chi connectivity index (χ3n) is 4.28. The van der Waals surface area contributed by atoms with Gasteiger partial charge in [0.05, 0.1) is 0 Å². The molecule has 2 nitrogen and oxygen atoms in total. The molecule has 0 spiro atoms. The highest BCUT2D eigenvalue weighted by Gasteiger charge is 2.25. The van der Waals surface area contributed by atoms with E-state index in [1.54, 1.807) is 0 Å². The van der Waals surface area contributed by atoms with Crippen molar-refractivity contribution in [3.63, 3.8) is 0 Å². The normalized spacial score (nSPS) is 25.6. The number of halogens is 1. The van der Waals surface area contributed by atoms with Crippen molar-refractivity contribution in [2.45, 2.75) is 43.9 Å². The standard InChI is InChI=1S/C16H20BrNO/c1-11-6-8-12(9-7-11)13(17)10-16-18-14-4-2-3-5-15(14)19-16/h2-5,11-13H,6-10H2,1H3. The van der Waals surface area contributed by atoms with E-state index in [1.807, 2.05) is 24.3 Å². The summed E-state index contributed by atoms with van der Waals surface area (Å²) in [6.45, 7) is 2.36. The molecule has 0 saturated heterocycles. The molecule has 1 aliphatic carbocycles. The number of nitrogens with zero attached hydrogens (tertiary/aromatic N) is 1. The van der Waals surface area contributed by atoms with E-state index in [4.69, 9.17) is 4.42 Å². The number of para-hydroxylation sites is 2. The molecule has 1 unspecified atom stereocenters. The molecule has 3 rings (SSSR count). The molecule has 0 bridgehead atoms. The van der Waals surface area contributed by atoms with Crippen molar-refractivity contribution in [3.8, 4) is 0 Å². The van der Waals surface area contributed by atoms with E-state index in [1.165, 1.54) is 25.7 Å². The van der Waals surface area contributed by atoms with Gasteiger partial charge in [-0.2, -0.15) is 0 Å². The maximum atomic E-state index is 5.81. The van der Waals surface area contributed by atoms with Crippen molar-refractivity contribution in [3.05, 3.63) is 30.2 Å². The van der Waals surface area contributed by atoms with Crippen LogP contribution in [0.4, 0.5) is 0 Å². The summed E-state index contributed by atoms with van der Waals surface area (Å²) in [7, 11) is 0. The van der Waals surface area contributed by atoms with Crippen LogP contribution in [-0.2, 0) is 6.42 Å². The van der Waals surface area contributed by atoms with E-state index in [0.29, 0.717) is 4.83 Å². The number of aromatic nitrogens is 1. The Morgan fingerprint density at radius 3 is 2.74 bits per heavy atom. The second kappa shape index (κ2) is 5.66. The number of hydrogen-bond donors (Lipinski definition) is 0. The van der Waals surface area contributed by atoms with Gasteiger partial charge in [0.25, 0.3) is 0 Å². The quantitative estimate of drug-likeness (QED) is 0.747. The summed E-state index contributed by atoms with van der Waals surface area (Å²) in [6.07, 6.45) is 6.28. The first kappa shape index (κ1) is 13.2. The summed E-state index contributed by atoms with van der Waals surface area (Å²) < 4.78 is 5.81. The SMILES string of the molecule is CC1CCC(C(Br)Cc2nc3ccccc3o2)CC1. The van der Waals surface area contributed by atoms with Crippen molar-refractivity contribution in [1.82, 2.24) is 4.98 Å². The van der Waals surface area contributed by atoms with Crippen LogP contribution < -0.4 is 0 Å². The van der Waals surface area contributed by atoms with E-state index in [2.05, 4.69) is 27.8 Å². The monoisotopic (exact) mass is 321 g/mol. The molecule has 102 valence electrons. The maximum absolute atomic E-state index is 5.81. The van der Waals surface area contributed by atoms with Crippen molar-refractivity contribution in [1.29, 1.82) is 0 Å². The van der Waals surface area contributed by atoms with E-state index >= 15 is 0 Å². The van der Waals surface area contributed by atoms with Gasteiger partial charge in [-0.25, -0.2) is 4.98 Å². The summed E-state index contributed by atoms with van der Waals surface area (Å²) >= 11 is 3.85. The summed E-state index contributed by atoms with van der Waals surface area (Å²) in [5, 5.41) is 0. The van der Waals surface area contributed by atoms with Crippen molar-refractivity contribution in [2.24, 2.45) is 11.8 Å². The number of oxazole rings is 1. The highest BCUT2D eigenvalue weighted by Crippen LogP contribution is 2.34. The van der Waals surface area contributed by atoms with E-state index < -0.39 is 0 Å². The number of alkyl halides is 1. The van der Waals surface area contributed by atoms with Crippen LogP contribution in [0.15, 0.2) is 28.7 Å². The molecule has 3 heteroatoms. The fourth-order valence-corrected chi connectivity index (χ4v) is 3.79. The molecule has 1 heterocycles. The Kier molecular flexibility index (Phi) is 3.92. The van der Waals surface area contributed by atoms with Crippen LogP contribution >= 0.6 is 15.9 Å². The molecule has 0 amide bonds. The van der Waals surface area contributed by atoms with Crippen LogP contribution in [0.3, 0.4) is 0 Å². The molecule has 1 atom stereocenters. The van der Waals surface area contributed by atoms with E-state index in [-0.39, 0.29) is 0 Å². The Morgan fingerprint density at radius 1 is 1.26 bits per heavy atom. The highest BCUT2D eigenvalue weighted by molar-refractivity contribution is 9.09. The highest BCUT2D eigenvalue weighted by atomic mass is 79.9. The van der Waals surface area contributed by atoms with Crippen molar-refractivity contribution >= 4 is 27.0 Å². The zero-order chi connectivity index (χ0) is 13.2. The van der Waals surface area contributed by atoms with E-state index in [9.17, 15) is 0 Å². The van der Waals surface area contributed by atoms with Gasteiger partial charge in [0.15, 0.2) is 11.5 Å². The van der Waals surface area contributed by atoms with Crippen LogP contribution in [-0.4, -0.2) is 9.81 Å². The first-order valence-corrected chi connectivity index (χ1v) is 8.12. The number of fused-ring (bicyclic) bond motifs is 1. The molecule has 0 aliphatic heterocycles. The van der Waals surface area contributed by atoms with Gasteiger partial charge in [-0.3, -0.25) is 0 Å². The maximum Gasteiger partial charge on any atom is 0.196 e. The second-order valence-electron chi connectivity index (χ2n) is 5.82. The zero-order valence-corrected chi connectivity index (χ0v) is 12.9. The second-order valence-corrected chi connectivity index (χ2v) is 6.99. The summed E-state index contributed by atoms with van der Waals surface area (Å²) in [4.78, 5) is 5.06. The van der Waals surface area contributed by atoms with Crippen LogP contribution in [0.25, 0.3) is 11.1 Å². The summed E-state index contributed by atoms with van der Waals surface area (Å²) in [6, 6.07) is 7.99. The minimum atomic E-state index is 0.494. The van der Waals surface area contributed by atoms with Crippen LogP contribution in [0.2, 0.25) is 0 Å². The van der Waals surface area contributed by atoms with Crippen LogP contribution in [0, 0.1) is 11.8 Å². The average molecular weight is 322 g/mol. The molecular formula is C16H20BrNO. The third kappa shape index (κ3) is 3.02. The smallest absolute Gasteiger partial charge is 0.196 e. The van der Waals surface area contributed by atoms with Crippen LogP contribution in [0.1, 0.15) is 38.5 Å². The van der Waals surface area contributed by atoms with Gasteiger partial charge in [0, 0.05) is 11.2 Å². The third-order valence-corrected chi connectivity index (χ3v) is 5.35. The zero-order valence-electron chi connectivity index (χ0n) is 11.3. The van der Waals surface area contributed by atoms with Gasteiger partial charge in [-0.1, -0.05) is 47.8 Å². The van der Waals surface area contributed by atoms with Gasteiger partial charge in [-0.15, -0.1) is 0 Å². The predicted molar refractivity (Wildman–Crippen MR) is 81.6 cm³/mol. The Balaban J connectivity index is 1.67. The Hall–Kier alpha value is -0.830. The molecule has 0 radical (unpaired) electrons. The molecule has 1 fully saturated rings.